The van der Waals surface area contributed by atoms with Crippen LogP contribution >= 0.6 is 0 Å². The largest absolute Gasteiger partial charge is 0.490 e. The van der Waals surface area contributed by atoms with E-state index in [0.717, 1.165) is 23.5 Å². The van der Waals surface area contributed by atoms with Crippen molar-refractivity contribution in [2.24, 2.45) is 0 Å². The molecule has 3 rings (SSSR count). The van der Waals surface area contributed by atoms with Gasteiger partial charge in [0.1, 0.15) is 12.4 Å². The lowest BCUT2D eigenvalue weighted by atomic mass is 10.1. The van der Waals surface area contributed by atoms with Crippen LogP contribution in [-0.4, -0.2) is 40.0 Å². The van der Waals surface area contributed by atoms with E-state index in [9.17, 15) is 8.42 Å². The number of para-hydroxylation sites is 2. The molecule has 1 aliphatic rings. The first kappa shape index (κ1) is 15.8. The number of nitrogens with zero attached hydrogens (tertiary/aromatic N) is 2. The van der Waals surface area contributed by atoms with Crippen LogP contribution in [0.4, 0.5) is 5.69 Å². The molecule has 0 radical (unpaired) electrons. The van der Waals surface area contributed by atoms with Gasteiger partial charge in [0.05, 0.1) is 17.1 Å². The van der Waals surface area contributed by atoms with Crippen molar-refractivity contribution < 1.29 is 13.2 Å². The maximum absolute atomic E-state index is 12.3. The summed E-state index contributed by atoms with van der Waals surface area (Å²) in [5.74, 6) is 0.871. The summed E-state index contributed by atoms with van der Waals surface area (Å²) in [7, 11) is -0.327. The number of anilines is 1. The van der Waals surface area contributed by atoms with E-state index in [1.807, 2.05) is 30.3 Å². The summed E-state index contributed by atoms with van der Waals surface area (Å²) >= 11 is 0. The third kappa shape index (κ3) is 3.18. The highest BCUT2D eigenvalue weighted by molar-refractivity contribution is 7.89. The highest BCUT2D eigenvalue weighted by Gasteiger charge is 2.20. The maximum Gasteiger partial charge on any atom is 0.242 e. The van der Waals surface area contributed by atoms with Crippen LogP contribution in [0.5, 0.6) is 5.75 Å². The lowest BCUT2D eigenvalue weighted by Gasteiger charge is -2.31. The van der Waals surface area contributed by atoms with Gasteiger partial charge >= 0.3 is 0 Å². The molecule has 1 heterocycles. The minimum atomic E-state index is -3.41. The van der Waals surface area contributed by atoms with Crippen molar-refractivity contribution in [2.75, 3.05) is 32.1 Å². The highest BCUT2D eigenvalue weighted by Crippen LogP contribution is 2.32. The quantitative estimate of drug-likeness (QED) is 0.862. The van der Waals surface area contributed by atoms with E-state index in [1.54, 1.807) is 32.3 Å². The van der Waals surface area contributed by atoms with Crippen LogP contribution in [0.3, 0.4) is 0 Å². The van der Waals surface area contributed by atoms with Crippen LogP contribution in [0.2, 0.25) is 0 Å². The molecule has 0 aliphatic carbocycles. The Balaban J connectivity index is 1.88. The summed E-state index contributed by atoms with van der Waals surface area (Å²) in [4.78, 5) is 2.53. The minimum absolute atomic E-state index is 0.321. The number of ether oxygens (including phenoxy) is 1. The molecule has 0 aromatic heterocycles. The summed E-state index contributed by atoms with van der Waals surface area (Å²) in [6, 6.07) is 15.0. The van der Waals surface area contributed by atoms with E-state index in [1.165, 1.54) is 4.31 Å². The molecule has 0 saturated carbocycles. The third-order valence-electron chi connectivity index (χ3n) is 3.88. The number of sulfonamides is 1. The monoisotopic (exact) mass is 332 g/mol. The molecular formula is C17H20N2O3S. The highest BCUT2D eigenvalue weighted by atomic mass is 32.2. The van der Waals surface area contributed by atoms with Crippen LogP contribution in [0.1, 0.15) is 5.56 Å². The van der Waals surface area contributed by atoms with Gasteiger partial charge in [-0.05, 0) is 29.8 Å². The Morgan fingerprint density at radius 3 is 2.70 bits per heavy atom. The Hall–Kier alpha value is -2.05. The Morgan fingerprint density at radius 2 is 1.91 bits per heavy atom. The normalized spacial score (nSPS) is 14.5. The zero-order valence-electron chi connectivity index (χ0n) is 13.3. The second-order valence-corrected chi connectivity index (χ2v) is 7.82. The van der Waals surface area contributed by atoms with Gasteiger partial charge in [-0.15, -0.1) is 0 Å². The molecule has 5 nitrogen and oxygen atoms in total. The van der Waals surface area contributed by atoms with Gasteiger partial charge in [-0.25, -0.2) is 12.7 Å². The van der Waals surface area contributed by atoms with E-state index in [2.05, 4.69) is 4.90 Å². The number of benzene rings is 2. The summed E-state index contributed by atoms with van der Waals surface area (Å²) in [5.41, 5.74) is 2.00. The van der Waals surface area contributed by atoms with Gasteiger partial charge < -0.3 is 9.64 Å². The van der Waals surface area contributed by atoms with Crippen molar-refractivity contribution >= 4 is 15.7 Å². The molecule has 0 saturated heterocycles. The summed E-state index contributed by atoms with van der Waals surface area (Å²) in [6.07, 6.45) is 0. The lowest BCUT2D eigenvalue weighted by molar-refractivity contribution is 0.307. The van der Waals surface area contributed by atoms with E-state index >= 15 is 0 Å². The molecule has 0 N–H and O–H groups in total. The van der Waals surface area contributed by atoms with Gasteiger partial charge in [-0.1, -0.05) is 24.3 Å². The van der Waals surface area contributed by atoms with Crippen LogP contribution in [0, 0.1) is 0 Å². The van der Waals surface area contributed by atoms with Gasteiger partial charge in [-0.2, -0.15) is 0 Å². The summed E-state index contributed by atoms with van der Waals surface area (Å²) in [6.45, 7) is 2.06. The van der Waals surface area contributed by atoms with E-state index in [0.29, 0.717) is 18.0 Å². The predicted octanol–water partition coefficient (Wildman–Crippen LogP) is 2.34. The van der Waals surface area contributed by atoms with Crippen LogP contribution in [0.25, 0.3) is 0 Å². The fraction of sp³-hybridized carbons (Fsp3) is 0.294. The molecule has 122 valence electrons. The lowest BCUT2D eigenvalue weighted by Crippen LogP contribution is -2.32. The van der Waals surface area contributed by atoms with Crippen LogP contribution < -0.4 is 9.64 Å². The van der Waals surface area contributed by atoms with Crippen molar-refractivity contribution in [3.8, 4) is 5.75 Å². The zero-order chi connectivity index (χ0) is 16.4. The smallest absolute Gasteiger partial charge is 0.242 e. The third-order valence-corrected chi connectivity index (χ3v) is 5.69. The standard InChI is InChI=1S/C17H20N2O3S/c1-18(2)23(20,21)15-7-5-6-14(12-15)13-19-10-11-22-17-9-4-3-8-16(17)19/h3-9,12H,10-11,13H2,1-2H3. The van der Waals surface area contributed by atoms with E-state index < -0.39 is 10.0 Å². The molecule has 0 atom stereocenters. The average molecular weight is 332 g/mol. The SMILES string of the molecule is CN(C)S(=O)(=O)c1cccc(CN2CCOc3ccccc32)c1. The molecule has 23 heavy (non-hydrogen) atoms. The van der Waals surface area contributed by atoms with Gasteiger partial charge in [0.2, 0.25) is 10.0 Å². The predicted molar refractivity (Wildman–Crippen MR) is 90.3 cm³/mol. The second kappa shape index (κ2) is 6.22. The molecule has 1 aliphatic heterocycles. The summed E-state index contributed by atoms with van der Waals surface area (Å²) < 4.78 is 31.4. The molecular weight excluding hydrogens is 312 g/mol. The molecule has 0 spiro atoms. The first-order chi connectivity index (χ1) is 11.0. The fourth-order valence-electron chi connectivity index (χ4n) is 2.63. The van der Waals surface area contributed by atoms with E-state index in [-0.39, 0.29) is 0 Å². The van der Waals surface area contributed by atoms with Crippen molar-refractivity contribution in [2.45, 2.75) is 11.4 Å². The van der Waals surface area contributed by atoms with Crippen LogP contribution in [-0.2, 0) is 16.6 Å². The zero-order valence-corrected chi connectivity index (χ0v) is 14.1. The van der Waals surface area contributed by atoms with Gasteiger partial charge in [0.15, 0.2) is 0 Å². The Bertz CT molecular complexity index is 803. The molecule has 0 amide bonds. The van der Waals surface area contributed by atoms with Crippen molar-refractivity contribution in [1.82, 2.24) is 4.31 Å². The number of fused-ring (bicyclic) bond motifs is 1. The molecule has 2 aromatic rings. The van der Waals surface area contributed by atoms with Crippen molar-refractivity contribution in [3.05, 3.63) is 54.1 Å². The van der Waals surface area contributed by atoms with Crippen molar-refractivity contribution in [1.29, 1.82) is 0 Å². The summed E-state index contributed by atoms with van der Waals surface area (Å²) in [5, 5.41) is 0. The molecule has 2 aromatic carbocycles. The first-order valence-corrected chi connectivity index (χ1v) is 8.91. The second-order valence-electron chi connectivity index (χ2n) is 5.67. The number of hydrogen-bond acceptors (Lipinski definition) is 4. The van der Waals surface area contributed by atoms with Gasteiger partial charge in [0.25, 0.3) is 0 Å². The maximum atomic E-state index is 12.3. The van der Waals surface area contributed by atoms with Crippen LogP contribution in [0.15, 0.2) is 53.4 Å². The topological polar surface area (TPSA) is 49.9 Å². The Morgan fingerprint density at radius 1 is 1.13 bits per heavy atom. The van der Waals surface area contributed by atoms with Crippen molar-refractivity contribution in [3.63, 3.8) is 0 Å². The van der Waals surface area contributed by atoms with E-state index in [4.69, 9.17) is 4.74 Å². The first-order valence-electron chi connectivity index (χ1n) is 7.47. The Labute approximate surface area is 137 Å². The fourth-order valence-corrected chi connectivity index (χ4v) is 3.60. The van der Waals surface area contributed by atoms with Gasteiger partial charge in [-0.3, -0.25) is 0 Å². The Kier molecular flexibility index (Phi) is 4.28. The van der Waals surface area contributed by atoms with Gasteiger partial charge in [0, 0.05) is 20.6 Å². The minimum Gasteiger partial charge on any atom is -0.490 e. The molecule has 0 unspecified atom stereocenters. The molecule has 0 fully saturated rings. The molecule has 6 heteroatoms. The number of hydrogen-bond donors (Lipinski definition) is 0. The average Bonchev–Trinajstić information content (AvgIpc) is 2.55. The number of rotatable bonds is 4. The molecule has 0 bridgehead atoms.